The summed E-state index contributed by atoms with van der Waals surface area (Å²) in [4.78, 5) is 29.2. The maximum absolute atomic E-state index is 12.8. The van der Waals surface area contributed by atoms with Crippen LogP contribution in [-0.4, -0.2) is 72.1 Å². The van der Waals surface area contributed by atoms with Gasteiger partial charge in [0.2, 0.25) is 11.8 Å². The van der Waals surface area contributed by atoms with Crippen LogP contribution in [0.2, 0.25) is 0 Å². The highest BCUT2D eigenvalue weighted by Gasteiger charge is 2.48. The molecule has 1 unspecified atom stereocenters. The van der Waals surface area contributed by atoms with Gasteiger partial charge in [0.1, 0.15) is 0 Å². The third-order valence-corrected chi connectivity index (χ3v) is 6.21. The summed E-state index contributed by atoms with van der Waals surface area (Å²) in [5.74, 6) is 0.291. The van der Waals surface area contributed by atoms with Crippen molar-refractivity contribution in [2.24, 2.45) is 5.41 Å². The van der Waals surface area contributed by atoms with Crippen molar-refractivity contribution in [1.29, 1.82) is 0 Å². The van der Waals surface area contributed by atoms with E-state index in [4.69, 9.17) is 5.11 Å². The number of aliphatic hydroxyl groups excluding tert-OH is 1. The summed E-state index contributed by atoms with van der Waals surface area (Å²) in [6.45, 7) is 3.12. The van der Waals surface area contributed by atoms with Gasteiger partial charge in [0.05, 0.1) is 18.6 Å². The van der Waals surface area contributed by atoms with Gasteiger partial charge in [-0.3, -0.25) is 14.5 Å². The number of nitrogens with zero attached hydrogens (tertiary/aromatic N) is 2. The fraction of sp³-hybridized carbons (Fsp3) is 0.895. The van der Waals surface area contributed by atoms with Gasteiger partial charge in [0.25, 0.3) is 0 Å². The zero-order valence-corrected chi connectivity index (χ0v) is 15.3. The molecule has 3 rings (SSSR count). The third-order valence-electron chi connectivity index (χ3n) is 6.21. The number of β-amino-alcohol motifs (C(OH)–C–C–N with tert-alkyl or cyclic N) is 1. The molecule has 0 radical (unpaired) electrons. The van der Waals surface area contributed by atoms with E-state index in [1.54, 1.807) is 4.90 Å². The number of carbonyl (C=O) groups excluding carboxylic acids is 2. The Morgan fingerprint density at radius 3 is 2.60 bits per heavy atom. The summed E-state index contributed by atoms with van der Waals surface area (Å²) in [5.41, 5.74) is -0.323. The van der Waals surface area contributed by atoms with Crippen molar-refractivity contribution >= 4 is 11.8 Å². The normalized spacial score (nSPS) is 29.2. The molecule has 2 saturated heterocycles. The summed E-state index contributed by atoms with van der Waals surface area (Å²) >= 11 is 0. The predicted octanol–water partition coefficient (Wildman–Crippen LogP) is 1.13. The van der Waals surface area contributed by atoms with Crippen molar-refractivity contribution in [3.05, 3.63) is 0 Å². The van der Waals surface area contributed by atoms with Crippen LogP contribution in [-0.2, 0) is 9.59 Å². The van der Waals surface area contributed by atoms with Crippen LogP contribution in [0.25, 0.3) is 0 Å². The molecule has 1 atom stereocenters. The van der Waals surface area contributed by atoms with E-state index in [9.17, 15) is 9.59 Å². The number of carbonyl (C=O) groups is 2. The predicted molar refractivity (Wildman–Crippen MR) is 96.0 cm³/mol. The fourth-order valence-corrected chi connectivity index (χ4v) is 4.86. The van der Waals surface area contributed by atoms with Gasteiger partial charge < -0.3 is 15.3 Å². The molecule has 6 heteroatoms. The highest BCUT2D eigenvalue weighted by Crippen LogP contribution is 2.39. The number of amides is 2. The van der Waals surface area contributed by atoms with Crippen molar-refractivity contribution in [2.45, 2.75) is 63.8 Å². The van der Waals surface area contributed by atoms with Crippen LogP contribution in [0.1, 0.15) is 57.8 Å². The van der Waals surface area contributed by atoms with E-state index >= 15 is 0 Å². The average Bonchev–Trinajstić information content (AvgIpc) is 2.80. The molecule has 1 aliphatic carbocycles. The van der Waals surface area contributed by atoms with E-state index < -0.39 is 0 Å². The topological polar surface area (TPSA) is 72.9 Å². The Kier molecular flexibility index (Phi) is 6.34. The standard InChI is InChI=1S/C19H33N3O3/c23-13-12-22-10-5-8-19(18(22)25)9-11-21(15-19)14-17(24)20-16-6-3-1-2-4-7-16/h16,23H,1-15H2,(H,20,24). The maximum atomic E-state index is 12.8. The molecule has 3 fully saturated rings. The minimum Gasteiger partial charge on any atom is -0.395 e. The van der Waals surface area contributed by atoms with Gasteiger partial charge in [-0.05, 0) is 38.6 Å². The lowest BCUT2D eigenvalue weighted by Crippen LogP contribution is -2.51. The number of aliphatic hydroxyl groups is 1. The van der Waals surface area contributed by atoms with Gasteiger partial charge in [0, 0.05) is 25.7 Å². The van der Waals surface area contributed by atoms with E-state index in [1.807, 2.05) is 0 Å². The van der Waals surface area contributed by atoms with Crippen LogP contribution >= 0.6 is 0 Å². The Balaban J connectivity index is 1.50. The number of hydrogen-bond donors (Lipinski definition) is 2. The Hall–Kier alpha value is -1.14. The Morgan fingerprint density at radius 1 is 1.12 bits per heavy atom. The van der Waals surface area contributed by atoms with Crippen LogP contribution < -0.4 is 5.32 Å². The molecule has 0 bridgehead atoms. The minimum atomic E-state index is -0.323. The first-order chi connectivity index (χ1) is 12.1. The summed E-state index contributed by atoms with van der Waals surface area (Å²) in [7, 11) is 0. The van der Waals surface area contributed by atoms with Crippen molar-refractivity contribution in [1.82, 2.24) is 15.1 Å². The van der Waals surface area contributed by atoms with Gasteiger partial charge in [0.15, 0.2) is 0 Å². The SMILES string of the molecule is O=C(CN1CCC2(CCCN(CCO)C2=O)C1)NC1CCCCCC1. The largest absolute Gasteiger partial charge is 0.395 e. The summed E-state index contributed by atoms with van der Waals surface area (Å²) < 4.78 is 0. The number of piperidine rings is 1. The van der Waals surface area contributed by atoms with Crippen LogP contribution in [0.15, 0.2) is 0 Å². The zero-order chi connectivity index (χ0) is 17.7. The first kappa shape index (κ1) is 18.6. The highest BCUT2D eigenvalue weighted by molar-refractivity contribution is 5.84. The molecular formula is C19H33N3O3. The van der Waals surface area contributed by atoms with Gasteiger partial charge >= 0.3 is 0 Å². The lowest BCUT2D eigenvalue weighted by atomic mass is 9.78. The van der Waals surface area contributed by atoms with Crippen LogP contribution in [0.5, 0.6) is 0 Å². The number of nitrogens with one attached hydrogen (secondary N) is 1. The second kappa shape index (κ2) is 8.49. The van der Waals surface area contributed by atoms with Gasteiger partial charge in [-0.2, -0.15) is 0 Å². The molecule has 0 aromatic rings. The third kappa shape index (κ3) is 4.53. The molecule has 6 nitrogen and oxygen atoms in total. The molecular weight excluding hydrogens is 318 g/mol. The maximum Gasteiger partial charge on any atom is 0.234 e. The summed E-state index contributed by atoms with van der Waals surface area (Å²) in [6, 6.07) is 0.336. The monoisotopic (exact) mass is 351 g/mol. The van der Waals surface area contributed by atoms with E-state index in [-0.39, 0.29) is 23.8 Å². The zero-order valence-electron chi connectivity index (χ0n) is 15.3. The molecule has 142 valence electrons. The number of likely N-dealkylation sites (tertiary alicyclic amines) is 2. The summed E-state index contributed by atoms with van der Waals surface area (Å²) in [5, 5.41) is 12.4. The molecule has 0 aromatic carbocycles. The van der Waals surface area contributed by atoms with E-state index in [0.29, 0.717) is 25.7 Å². The molecule has 2 heterocycles. The highest BCUT2D eigenvalue weighted by atomic mass is 16.3. The first-order valence-electron chi connectivity index (χ1n) is 10.0. The minimum absolute atomic E-state index is 0.0231. The number of rotatable bonds is 5. The quantitative estimate of drug-likeness (QED) is 0.729. The van der Waals surface area contributed by atoms with Gasteiger partial charge in [-0.25, -0.2) is 0 Å². The second-order valence-corrected chi connectivity index (χ2v) is 8.12. The summed E-state index contributed by atoms with van der Waals surface area (Å²) in [6.07, 6.45) is 9.95. The van der Waals surface area contributed by atoms with Gasteiger partial charge in [-0.15, -0.1) is 0 Å². The fourth-order valence-electron chi connectivity index (χ4n) is 4.86. The van der Waals surface area contributed by atoms with Crippen molar-refractivity contribution in [2.75, 3.05) is 39.3 Å². The molecule has 2 aliphatic heterocycles. The smallest absolute Gasteiger partial charge is 0.234 e. The Bertz CT molecular complexity index is 475. The number of hydrogen-bond acceptors (Lipinski definition) is 4. The average molecular weight is 351 g/mol. The molecule has 2 amide bonds. The lowest BCUT2D eigenvalue weighted by molar-refractivity contribution is -0.146. The van der Waals surface area contributed by atoms with Crippen LogP contribution in [0.3, 0.4) is 0 Å². The van der Waals surface area contributed by atoms with E-state index in [2.05, 4.69) is 10.2 Å². The second-order valence-electron chi connectivity index (χ2n) is 8.12. The van der Waals surface area contributed by atoms with Crippen molar-refractivity contribution in [3.8, 4) is 0 Å². The first-order valence-corrected chi connectivity index (χ1v) is 10.0. The Morgan fingerprint density at radius 2 is 1.88 bits per heavy atom. The molecule has 1 saturated carbocycles. The van der Waals surface area contributed by atoms with E-state index in [0.717, 1.165) is 45.2 Å². The van der Waals surface area contributed by atoms with Crippen molar-refractivity contribution < 1.29 is 14.7 Å². The lowest BCUT2D eigenvalue weighted by Gasteiger charge is -2.39. The molecule has 1 spiro atoms. The molecule has 0 aromatic heterocycles. The van der Waals surface area contributed by atoms with E-state index in [1.165, 1.54) is 25.7 Å². The van der Waals surface area contributed by atoms with Crippen LogP contribution in [0, 0.1) is 5.41 Å². The Labute approximate surface area is 150 Å². The molecule has 3 aliphatic rings. The van der Waals surface area contributed by atoms with Crippen molar-refractivity contribution in [3.63, 3.8) is 0 Å². The molecule has 25 heavy (non-hydrogen) atoms. The molecule has 2 N–H and O–H groups in total. The van der Waals surface area contributed by atoms with Gasteiger partial charge in [-0.1, -0.05) is 25.7 Å². The van der Waals surface area contributed by atoms with Crippen LogP contribution in [0.4, 0.5) is 0 Å².